The van der Waals surface area contributed by atoms with Crippen molar-refractivity contribution in [3.63, 3.8) is 0 Å². The van der Waals surface area contributed by atoms with Gasteiger partial charge >= 0.3 is 12.3 Å². The van der Waals surface area contributed by atoms with E-state index in [-0.39, 0.29) is 6.04 Å². The summed E-state index contributed by atoms with van der Waals surface area (Å²) < 4.78 is 43.7. The normalized spacial score (nSPS) is 19.0. The molecule has 1 aromatic carbocycles. The van der Waals surface area contributed by atoms with Gasteiger partial charge in [-0.3, -0.25) is 0 Å². The quantitative estimate of drug-likeness (QED) is 0.790. The molecule has 0 spiro atoms. The SMILES string of the molecule is CC(C)(C)OC(=O)N1CCCC1Cc1cccc(C(F)(F)F)c1. The number of carbonyl (C=O) groups is 1. The summed E-state index contributed by atoms with van der Waals surface area (Å²) in [4.78, 5) is 13.8. The molecule has 6 heteroatoms. The second-order valence-electron chi connectivity index (χ2n) is 6.87. The lowest BCUT2D eigenvalue weighted by atomic mass is 10.0. The maximum atomic E-state index is 12.8. The zero-order valence-corrected chi connectivity index (χ0v) is 13.6. The number of halogens is 3. The first-order valence-electron chi connectivity index (χ1n) is 7.72. The largest absolute Gasteiger partial charge is 0.444 e. The van der Waals surface area contributed by atoms with Crippen molar-refractivity contribution in [2.45, 2.75) is 57.9 Å². The zero-order valence-electron chi connectivity index (χ0n) is 13.6. The van der Waals surface area contributed by atoms with Crippen LogP contribution in [0.1, 0.15) is 44.7 Å². The van der Waals surface area contributed by atoms with E-state index in [1.807, 2.05) is 0 Å². The Kier molecular flexibility index (Phi) is 4.92. The van der Waals surface area contributed by atoms with Gasteiger partial charge in [-0.1, -0.05) is 18.2 Å². The predicted octanol–water partition coefficient (Wildman–Crippen LogP) is 4.65. The van der Waals surface area contributed by atoms with E-state index in [1.54, 1.807) is 31.7 Å². The third-order valence-electron chi connectivity index (χ3n) is 3.73. The molecule has 128 valence electrons. The van der Waals surface area contributed by atoms with Crippen LogP contribution in [-0.2, 0) is 17.3 Å². The standard InChI is InChI=1S/C17H22F3NO2/c1-16(2,3)23-15(22)21-9-5-8-14(21)11-12-6-4-7-13(10-12)17(18,19)20/h4,6-7,10,14H,5,8-9,11H2,1-3H3. The summed E-state index contributed by atoms with van der Waals surface area (Å²) >= 11 is 0. The number of amides is 1. The smallest absolute Gasteiger partial charge is 0.416 e. The maximum Gasteiger partial charge on any atom is 0.416 e. The van der Waals surface area contributed by atoms with Gasteiger partial charge < -0.3 is 9.64 Å². The fourth-order valence-corrected chi connectivity index (χ4v) is 2.76. The Balaban J connectivity index is 2.08. The van der Waals surface area contributed by atoms with Crippen molar-refractivity contribution in [1.82, 2.24) is 4.90 Å². The summed E-state index contributed by atoms with van der Waals surface area (Å²) in [5, 5.41) is 0. The molecule has 1 fully saturated rings. The van der Waals surface area contributed by atoms with Crippen LogP contribution in [0.15, 0.2) is 24.3 Å². The molecule has 3 nitrogen and oxygen atoms in total. The van der Waals surface area contributed by atoms with Crippen LogP contribution < -0.4 is 0 Å². The lowest BCUT2D eigenvalue weighted by molar-refractivity contribution is -0.137. The van der Waals surface area contributed by atoms with E-state index in [9.17, 15) is 18.0 Å². The summed E-state index contributed by atoms with van der Waals surface area (Å²) in [5.74, 6) is 0. The van der Waals surface area contributed by atoms with Crippen molar-refractivity contribution in [2.24, 2.45) is 0 Å². The van der Waals surface area contributed by atoms with Gasteiger partial charge in [0.15, 0.2) is 0 Å². The first-order chi connectivity index (χ1) is 10.6. The average Bonchev–Trinajstić information content (AvgIpc) is 2.84. The van der Waals surface area contributed by atoms with Crippen molar-refractivity contribution in [3.8, 4) is 0 Å². The van der Waals surface area contributed by atoms with E-state index in [0.29, 0.717) is 18.5 Å². The van der Waals surface area contributed by atoms with E-state index in [2.05, 4.69) is 0 Å². The van der Waals surface area contributed by atoms with Crippen molar-refractivity contribution in [3.05, 3.63) is 35.4 Å². The van der Waals surface area contributed by atoms with Gasteiger partial charge in [-0.2, -0.15) is 13.2 Å². The Morgan fingerprint density at radius 1 is 1.30 bits per heavy atom. The maximum absolute atomic E-state index is 12.8. The number of alkyl halides is 3. The van der Waals surface area contributed by atoms with Crippen molar-refractivity contribution in [2.75, 3.05) is 6.54 Å². The van der Waals surface area contributed by atoms with Gasteiger partial charge in [0.1, 0.15) is 5.60 Å². The molecule has 23 heavy (non-hydrogen) atoms. The molecule has 1 atom stereocenters. The fraction of sp³-hybridized carbons (Fsp3) is 0.588. The van der Waals surface area contributed by atoms with Crippen molar-refractivity contribution in [1.29, 1.82) is 0 Å². The highest BCUT2D eigenvalue weighted by atomic mass is 19.4. The number of nitrogens with zero attached hydrogens (tertiary/aromatic N) is 1. The topological polar surface area (TPSA) is 29.5 Å². The van der Waals surface area contributed by atoms with Crippen LogP contribution in [0.5, 0.6) is 0 Å². The van der Waals surface area contributed by atoms with E-state index in [4.69, 9.17) is 4.74 Å². The van der Waals surface area contributed by atoms with Crippen LogP contribution in [-0.4, -0.2) is 29.2 Å². The molecule has 1 heterocycles. The van der Waals surface area contributed by atoms with Gasteiger partial charge in [-0.15, -0.1) is 0 Å². The Morgan fingerprint density at radius 3 is 2.61 bits per heavy atom. The monoisotopic (exact) mass is 329 g/mol. The number of hydrogen-bond donors (Lipinski definition) is 0. The molecule has 1 aliphatic rings. The Labute approximate surface area is 134 Å². The second kappa shape index (κ2) is 6.42. The fourth-order valence-electron chi connectivity index (χ4n) is 2.76. The molecule has 1 aliphatic heterocycles. The van der Waals surface area contributed by atoms with E-state index in [0.717, 1.165) is 25.0 Å². The highest BCUT2D eigenvalue weighted by Gasteiger charge is 2.33. The number of ether oxygens (including phenoxy) is 1. The van der Waals surface area contributed by atoms with Gasteiger partial charge in [0.2, 0.25) is 0 Å². The number of hydrogen-bond acceptors (Lipinski definition) is 2. The van der Waals surface area contributed by atoms with Crippen LogP contribution in [0.2, 0.25) is 0 Å². The van der Waals surface area contributed by atoms with Gasteiger partial charge in [-0.05, 0) is 51.7 Å². The van der Waals surface area contributed by atoms with Gasteiger partial charge in [0.05, 0.1) is 5.56 Å². The van der Waals surface area contributed by atoms with Crippen LogP contribution in [0.4, 0.5) is 18.0 Å². The molecular weight excluding hydrogens is 307 g/mol. The molecule has 1 amide bonds. The Morgan fingerprint density at radius 2 is 2.00 bits per heavy atom. The summed E-state index contributed by atoms with van der Waals surface area (Å²) in [6.45, 7) is 5.97. The Hall–Kier alpha value is -1.72. The summed E-state index contributed by atoms with van der Waals surface area (Å²) in [5.41, 5.74) is -0.655. The van der Waals surface area contributed by atoms with Gasteiger partial charge in [0, 0.05) is 12.6 Å². The van der Waals surface area contributed by atoms with Crippen LogP contribution in [0.3, 0.4) is 0 Å². The minimum absolute atomic E-state index is 0.117. The minimum atomic E-state index is -4.35. The van der Waals surface area contributed by atoms with Crippen molar-refractivity contribution < 1.29 is 22.7 Å². The summed E-state index contributed by atoms with van der Waals surface area (Å²) in [6, 6.07) is 5.18. The van der Waals surface area contributed by atoms with Crippen LogP contribution in [0.25, 0.3) is 0 Å². The third-order valence-corrected chi connectivity index (χ3v) is 3.73. The number of rotatable bonds is 2. The highest BCUT2D eigenvalue weighted by molar-refractivity contribution is 5.69. The third kappa shape index (κ3) is 4.88. The van der Waals surface area contributed by atoms with Crippen LogP contribution in [0, 0.1) is 0 Å². The van der Waals surface area contributed by atoms with Gasteiger partial charge in [0.25, 0.3) is 0 Å². The molecule has 0 radical (unpaired) electrons. The van der Waals surface area contributed by atoms with E-state index in [1.165, 1.54) is 6.07 Å². The molecule has 0 N–H and O–H groups in total. The molecule has 1 saturated heterocycles. The summed E-state index contributed by atoms with van der Waals surface area (Å²) in [6.07, 6.45) is -2.73. The summed E-state index contributed by atoms with van der Waals surface area (Å²) in [7, 11) is 0. The molecule has 0 bridgehead atoms. The molecular formula is C17H22F3NO2. The number of benzene rings is 1. The second-order valence-corrected chi connectivity index (χ2v) is 6.87. The molecule has 0 saturated carbocycles. The molecule has 2 rings (SSSR count). The van der Waals surface area contributed by atoms with E-state index < -0.39 is 23.4 Å². The van der Waals surface area contributed by atoms with Gasteiger partial charge in [-0.25, -0.2) is 4.79 Å². The first kappa shape index (κ1) is 17.6. The average molecular weight is 329 g/mol. The highest BCUT2D eigenvalue weighted by Crippen LogP contribution is 2.31. The number of likely N-dealkylation sites (tertiary alicyclic amines) is 1. The number of carbonyl (C=O) groups excluding carboxylic acids is 1. The lowest BCUT2D eigenvalue weighted by Crippen LogP contribution is -2.40. The molecule has 1 unspecified atom stereocenters. The van der Waals surface area contributed by atoms with Crippen LogP contribution >= 0.6 is 0 Å². The predicted molar refractivity (Wildman–Crippen MR) is 81.1 cm³/mol. The lowest BCUT2D eigenvalue weighted by Gasteiger charge is -2.28. The Bertz CT molecular complexity index is 564. The molecule has 0 aliphatic carbocycles. The molecule has 1 aromatic rings. The van der Waals surface area contributed by atoms with Crippen molar-refractivity contribution >= 4 is 6.09 Å². The minimum Gasteiger partial charge on any atom is -0.444 e. The first-order valence-corrected chi connectivity index (χ1v) is 7.72. The van der Waals surface area contributed by atoms with E-state index >= 15 is 0 Å². The molecule has 0 aromatic heterocycles. The zero-order chi connectivity index (χ0) is 17.3.